The first-order valence-corrected chi connectivity index (χ1v) is 7.35. The van der Waals surface area contributed by atoms with Gasteiger partial charge < -0.3 is 5.11 Å². The van der Waals surface area contributed by atoms with E-state index in [9.17, 15) is 23.5 Å². The standard InChI is InChI=1S/C17H12F2N4O3/c18-10-6-11(19)15(14(24)7-10)17(26)23-22-16(25)13-8-12(20-21-13)9-4-2-1-3-5-9/h1-8,24H,(H,20,21)(H,22,25)(H,23,26). The zero-order valence-corrected chi connectivity index (χ0v) is 13.1. The van der Waals surface area contributed by atoms with E-state index in [1.54, 1.807) is 12.1 Å². The Morgan fingerprint density at radius 3 is 2.38 bits per heavy atom. The first-order chi connectivity index (χ1) is 12.5. The van der Waals surface area contributed by atoms with Gasteiger partial charge >= 0.3 is 0 Å². The van der Waals surface area contributed by atoms with Gasteiger partial charge in [0.15, 0.2) is 0 Å². The number of aromatic hydroxyl groups is 1. The second-order valence-electron chi connectivity index (χ2n) is 5.22. The number of nitrogens with zero attached hydrogens (tertiary/aromatic N) is 1. The predicted octanol–water partition coefficient (Wildman–Crippen LogP) is 2.14. The number of carbonyl (C=O) groups is 2. The summed E-state index contributed by atoms with van der Waals surface area (Å²) in [6.45, 7) is 0. The Morgan fingerprint density at radius 2 is 1.69 bits per heavy atom. The van der Waals surface area contributed by atoms with Gasteiger partial charge in [0.25, 0.3) is 11.8 Å². The summed E-state index contributed by atoms with van der Waals surface area (Å²) in [5.74, 6) is -5.07. The molecule has 132 valence electrons. The topological polar surface area (TPSA) is 107 Å². The van der Waals surface area contributed by atoms with Crippen molar-refractivity contribution in [3.8, 4) is 17.0 Å². The Hall–Kier alpha value is -3.75. The molecule has 0 spiro atoms. The van der Waals surface area contributed by atoms with E-state index in [1.165, 1.54) is 6.07 Å². The quantitative estimate of drug-likeness (QED) is 0.538. The molecule has 3 rings (SSSR count). The number of benzene rings is 2. The number of aromatic amines is 1. The van der Waals surface area contributed by atoms with Gasteiger partial charge in [-0.05, 0) is 6.07 Å². The average molecular weight is 358 g/mol. The van der Waals surface area contributed by atoms with Crippen molar-refractivity contribution < 1.29 is 23.5 Å². The molecule has 2 amide bonds. The van der Waals surface area contributed by atoms with Crippen molar-refractivity contribution in [1.82, 2.24) is 21.0 Å². The Kier molecular flexibility index (Phi) is 4.61. The lowest BCUT2D eigenvalue weighted by atomic mass is 10.1. The molecule has 0 bridgehead atoms. The molecule has 0 saturated carbocycles. The molecule has 9 heteroatoms. The molecule has 4 N–H and O–H groups in total. The first kappa shape index (κ1) is 17.1. The number of hydrogen-bond acceptors (Lipinski definition) is 4. The average Bonchev–Trinajstić information content (AvgIpc) is 3.10. The normalized spacial score (nSPS) is 10.4. The van der Waals surface area contributed by atoms with Crippen molar-refractivity contribution in [3.05, 3.63) is 71.4 Å². The number of H-pyrrole nitrogens is 1. The number of amides is 2. The first-order valence-electron chi connectivity index (χ1n) is 7.35. The number of hydrogen-bond donors (Lipinski definition) is 4. The lowest BCUT2D eigenvalue weighted by molar-refractivity contribution is 0.0839. The summed E-state index contributed by atoms with van der Waals surface area (Å²) in [7, 11) is 0. The third kappa shape index (κ3) is 3.51. The lowest BCUT2D eigenvalue weighted by Crippen LogP contribution is -2.42. The summed E-state index contributed by atoms with van der Waals surface area (Å²) in [4.78, 5) is 23.9. The highest BCUT2D eigenvalue weighted by Gasteiger charge is 2.19. The molecule has 0 aliphatic heterocycles. The van der Waals surface area contributed by atoms with Gasteiger partial charge in [0.1, 0.15) is 28.6 Å². The van der Waals surface area contributed by atoms with Gasteiger partial charge in [-0.15, -0.1) is 0 Å². The minimum Gasteiger partial charge on any atom is -0.507 e. The maximum absolute atomic E-state index is 13.6. The fraction of sp³-hybridized carbons (Fsp3) is 0. The predicted molar refractivity (Wildman–Crippen MR) is 87.0 cm³/mol. The maximum Gasteiger partial charge on any atom is 0.287 e. The fourth-order valence-electron chi connectivity index (χ4n) is 2.22. The molecular formula is C17H12F2N4O3. The third-order valence-corrected chi connectivity index (χ3v) is 3.44. The molecule has 7 nitrogen and oxygen atoms in total. The zero-order valence-electron chi connectivity index (χ0n) is 13.1. The van der Waals surface area contributed by atoms with Crippen molar-refractivity contribution >= 4 is 11.8 Å². The molecule has 0 aliphatic rings. The molecule has 0 radical (unpaired) electrons. The van der Waals surface area contributed by atoms with Gasteiger partial charge in [-0.2, -0.15) is 5.10 Å². The second-order valence-corrected chi connectivity index (χ2v) is 5.22. The van der Waals surface area contributed by atoms with Crippen LogP contribution in [-0.2, 0) is 0 Å². The molecule has 1 heterocycles. The van der Waals surface area contributed by atoms with E-state index in [2.05, 4.69) is 10.2 Å². The van der Waals surface area contributed by atoms with E-state index in [1.807, 2.05) is 29.1 Å². The number of phenols is 1. The number of aromatic nitrogens is 2. The van der Waals surface area contributed by atoms with Crippen LogP contribution in [0.5, 0.6) is 5.75 Å². The summed E-state index contributed by atoms with van der Waals surface area (Å²) in [6, 6.07) is 11.6. The number of halogens is 2. The van der Waals surface area contributed by atoms with Gasteiger partial charge in [-0.25, -0.2) is 8.78 Å². The highest BCUT2D eigenvalue weighted by atomic mass is 19.1. The minimum absolute atomic E-state index is 0.0490. The van der Waals surface area contributed by atoms with Crippen LogP contribution < -0.4 is 10.9 Å². The van der Waals surface area contributed by atoms with Gasteiger partial charge in [-0.1, -0.05) is 30.3 Å². The van der Waals surface area contributed by atoms with Gasteiger partial charge in [-0.3, -0.25) is 25.5 Å². The molecule has 0 saturated heterocycles. The molecule has 3 aromatic rings. The summed E-state index contributed by atoms with van der Waals surface area (Å²) in [5.41, 5.74) is 4.55. The van der Waals surface area contributed by atoms with Gasteiger partial charge in [0.05, 0.1) is 5.69 Å². The van der Waals surface area contributed by atoms with Crippen molar-refractivity contribution in [2.45, 2.75) is 0 Å². The zero-order chi connectivity index (χ0) is 18.7. The van der Waals surface area contributed by atoms with E-state index in [-0.39, 0.29) is 5.69 Å². The van der Waals surface area contributed by atoms with Crippen LogP contribution in [0.3, 0.4) is 0 Å². The van der Waals surface area contributed by atoms with E-state index in [0.29, 0.717) is 17.8 Å². The number of carbonyl (C=O) groups excluding carboxylic acids is 2. The smallest absolute Gasteiger partial charge is 0.287 e. The van der Waals surface area contributed by atoms with Crippen LogP contribution in [-0.4, -0.2) is 27.1 Å². The largest absolute Gasteiger partial charge is 0.507 e. The number of rotatable bonds is 3. The molecular weight excluding hydrogens is 346 g/mol. The Balaban J connectivity index is 1.68. The van der Waals surface area contributed by atoms with E-state index < -0.39 is 34.8 Å². The second kappa shape index (κ2) is 7.01. The SMILES string of the molecule is O=C(NNC(=O)c1c(O)cc(F)cc1F)c1cc(-c2ccccc2)n[nH]1. The molecule has 0 atom stereocenters. The summed E-state index contributed by atoms with van der Waals surface area (Å²) in [5, 5.41) is 16.0. The van der Waals surface area contributed by atoms with Crippen LogP contribution in [0.15, 0.2) is 48.5 Å². The van der Waals surface area contributed by atoms with E-state index >= 15 is 0 Å². The van der Waals surface area contributed by atoms with Crippen molar-refractivity contribution in [3.63, 3.8) is 0 Å². The van der Waals surface area contributed by atoms with Gasteiger partial charge in [0.2, 0.25) is 0 Å². The molecule has 0 fully saturated rings. The van der Waals surface area contributed by atoms with Crippen LogP contribution in [0.2, 0.25) is 0 Å². The van der Waals surface area contributed by atoms with Crippen molar-refractivity contribution in [2.24, 2.45) is 0 Å². The monoisotopic (exact) mass is 358 g/mol. The van der Waals surface area contributed by atoms with Crippen molar-refractivity contribution in [2.75, 3.05) is 0 Å². The van der Waals surface area contributed by atoms with E-state index in [0.717, 1.165) is 5.56 Å². The number of hydrazine groups is 1. The van der Waals surface area contributed by atoms with Crippen molar-refractivity contribution in [1.29, 1.82) is 0 Å². The highest BCUT2D eigenvalue weighted by Crippen LogP contribution is 2.21. The van der Waals surface area contributed by atoms with Crippen LogP contribution in [0, 0.1) is 11.6 Å². The minimum atomic E-state index is -1.26. The molecule has 1 aromatic heterocycles. The summed E-state index contributed by atoms with van der Waals surface area (Å²) >= 11 is 0. The Labute approximate surface area is 145 Å². The van der Waals surface area contributed by atoms with Crippen LogP contribution in [0.25, 0.3) is 11.3 Å². The van der Waals surface area contributed by atoms with Crippen LogP contribution in [0.1, 0.15) is 20.8 Å². The molecule has 2 aromatic carbocycles. The van der Waals surface area contributed by atoms with Crippen LogP contribution in [0.4, 0.5) is 8.78 Å². The lowest BCUT2D eigenvalue weighted by Gasteiger charge is -2.08. The van der Waals surface area contributed by atoms with Gasteiger partial charge in [0, 0.05) is 17.7 Å². The number of nitrogens with one attached hydrogen (secondary N) is 3. The van der Waals surface area contributed by atoms with Crippen LogP contribution >= 0.6 is 0 Å². The number of phenolic OH excluding ortho intramolecular Hbond substituents is 1. The summed E-state index contributed by atoms with van der Waals surface area (Å²) in [6.07, 6.45) is 0. The Bertz CT molecular complexity index is 950. The highest BCUT2D eigenvalue weighted by molar-refractivity contribution is 6.00. The van der Waals surface area contributed by atoms with E-state index in [4.69, 9.17) is 0 Å². The molecule has 0 unspecified atom stereocenters. The summed E-state index contributed by atoms with van der Waals surface area (Å²) < 4.78 is 26.5. The fourth-order valence-corrected chi connectivity index (χ4v) is 2.22. The molecule has 26 heavy (non-hydrogen) atoms. The molecule has 0 aliphatic carbocycles. The Morgan fingerprint density at radius 1 is 1.00 bits per heavy atom. The maximum atomic E-state index is 13.6. The third-order valence-electron chi connectivity index (χ3n) is 3.44.